The Morgan fingerprint density at radius 1 is 1.34 bits per heavy atom. The molecule has 1 aliphatic rings. The number of H-pyrrole nitrogens is 1. The summed E-state index contributed by atoms with van der Waals surface area (Å²) in [5.74, 6) is 0.696. The fourth-order valence-corrected chi connectivity index (χ4v) is 3.74. The topological polar surface area (TPSA) is 109 Å². The number of hydrogen-bond donors (Lipinski definition) is 2. The van der Waals surface area contributed by atoms with E-state index >= 15 is 0 Å². The van der Waals surface area contributed by atoms with Crippen molar-refractivity contribution in [3.8, 4) is 0 Å². The number of rotatable bonds is 8. The van der Waals surface area contributed by atoms with Gasteiger partial charge in [0.1, 0.15) is 0 Å². The molecular weight excluding hydrogens is 372 g/mol. The van der Waals surface area contributed by atoms with Gasteiger partial charge in [-0.25, -0.2) is 4.68 Å². The van der Waals surface area contributed by atoms with Gasteiger partial charge in [-0.3, -0.25) is 9.69 Å². The molecule has 0 amide bonds. The van der Waals surface area contributed by atoms with E-state index in [1.165, 1.54) is 0 Å². The lowest BCUT2D eigenvalue weighted by molar-refractivity contribution is 0.0912. The number of pyridine rings is 1. The maximum Gasteiger partial charge on any atom is 0.252 e. The van der Waals surface area contributed by atoms with Crippen LogP contribution in [0.15, 0.2) is 29.1 Å². The van der Waals surface area contributed by atoms with Crippen molar-refractivity contribution in [3.63, 3.8) is 0 Å². The Kier molecular flexibility index (Phi) is 5.98. The number of tetrazole rings is 1. The molecule has 0 bridgehead atoms. The van der Waals surface area contributed by atoms with Gasteiger partial charge in [0.15, 0.2) is 5.82 Å². The third-order valence-corrected chi connectivity index (χ3v) is 5.26. The van der Waals surface area contributed by atoms with E-state index in [0.29, 0.717) is 37.6 Å². The highest BCUT2D eigenvalue weighted by Crippen LogP contribution is 2.16. The summed E-state index contributed by atoms with van der Waals surface area (Å²) in [5.41, 5.74) is 2.48. The normalized spacial score (nSPS) is 16.9. The number of nitrogens with one attached hydrogen (secondary N) is 1. The van der Waals surface area contributed by atoms with E-state index < -0.39 is 0 Å². The van der Waals surface area contributed by atoms with Crippen molar-refractivity contribution in [3.05, 3.63) is 51.6 Å². The summed E-state index contributed by atoms with van der Waals surface area (Å²) >= 11 is 0. The Morgan fingerprint density at radius 2 is 2.24 bits per heavy atom. The van der Waals surface area contributed by atoms with Crippen LogP contribution in [0, 0.1) is 6.92 Å². The van der Waals surface area contributed by atoms with Gasteiger partial charge in [0.25, 0.3) is 5.56 Å². The molecule has 4 rings (SSSR count). The number of aromatic amines is 1. The number of aliphatic hydroxyl groups is 1. The van der Waals surface area contributed by atoms with Crippen LogP contribution < -0.4 is 5.56 Å². The zero-order chi connectivity index (χ0) is 20.2. The highest BCUT2D eigenvalue weighted by Gasteiger charge is 2.20. The van der Waals surface area contributed by atoms with Crippen molar-refractivity contribution in [1.29, 1.82) is 0 Å². The highest BCUT2D eigenvalue weighted by atomic mass is 16.5. The maximum absolute atomic E-state index is 12.6. The van der Waals surface area contributed by atoms with Gasteiger partial charge in [0, 0.05) is 30.8 Å². The van der Waals surface area contributed by atoms with Gasteiger partial charge in [-0.05, 0) is 53.8 Å². The molecule has 1 aliphatic heterocycles. The van der Waals surface area contributed by atoms with Crippen LogP contribution in [0.5, 0.6) is 0 Å². The lowest BCUT2D eigenvalue weighted by atomic mass is 10.1. The van der Waals surface area contributed by atoms with Crippen LogP contribution in [-0.2, 0) is 24.4 Å². The molecule has 3 aromatic rings. The monoisotopic (exact) mass is 398 g/mol. The number of hydrogen-bond acceptors (Lipinski definition) is 7. The Labute approximate surface area is 168 Å². The largest absolute Gasteiger partial charge is 0.395 e. The number of fused-ring (bicyclic) bond motifs is 1. The van der Waals surface area contributed by atoms with Gasteiger partial charge in [0.05, 0.1) is 25.8 Å². The minimum absolute atomic E-state index is 0.0160. The zero-order valence-corrected chi connectivity index (χ0v) is 16.5. The minimum atomic E-state index is -0.122. The predicted molar refractivity (Wildman–Crippen MR) is 107 cm³/mol. The number of benzene rings is 1. The fraction of sp³-hybridized carbons (Fsp3) is 0.500. The van der Waals surface area contributed by atoms with E-state index in [1.807, 2.05) is 36.1 Å². The molecule has 1 unspecified atom stereocenters. The van der Waals surface area contributed by atoms with Gasteiger partial charge in [-0.1, -0.05) is 11.6 Å². The molecule has 1 aromatic carbocycles. The van der Waals surface area contributed by atoms with Gasteiger partial charge >= 0.3 is 0 Å². The molecule has 154 valence electrons. The molecule has 2 N–H and O–H groups in total. The van der Waals surface area contributed by atoms with Gasteiger partial charge in [-0.2, -0.15) is 0 Å². The SMILES string of the molecule is Cc1ccc2[nH]c(=O)c(CN(CCO)Cc3nnnn3CC3CCCO3)cc2c1. The number of aryl methyl sites for hydroxylation is 1. The van der Waals surface area contributed by atoms with E-state index in [2.05, 4.69) is 20.5 Å². The Balaban J connectivity index is 1.53. The number of aliphatic hydroxyl groups excluding tert-OH is 1. The quantitative estimate of drug-likeness (QED) is 0.582. The van der Waals surface area contributed by atoms with Crippen molar-refractivity contribution in [2.24, 2.45) is 0 Å². The molecule has 1 saturated heterocycles. The first kappa shape index (κ1) is 19.7. The highest BCUT2D eigenvalue weighted by molar-refractivity contribution is 5.79. The molecule has 3 heterocycles. The molecule has 2 aromatic heterocycles. The molecule has 0 aliphatic carbocycles. The van der Waals surface area contributed by atoms with Gasteiger partial charge < -0.3 is 14.8 Å². The van der Waals surface area contributed by atoms with Crippen molar-refractivity contribution in [2.45, 2.75) is 45.5 Å². The number of aromatic nitrogens is 5. The molecule has 9 heteroatoms. The summed E-state index contributed by atoms with van der Waals surface area (Å²) < 4.78 is 7.44. The average molecular weight is 398 g/mol. The van der Waals surface area contributed by atoms with E-state index in [0.717, 1.165) is 35.9 Å². The van der Waals surface area contributed by atoms with Crippen LogP contribution >= 0.6 is 0 Å². The van der Waals surface area contributed by atoms with Crippen LogP contribution in [0.1, 0.15) is 29.8 Å². The summed E-state index contributed by atoms with van der Waals surface area (Å²) in [6.45, 7) is 4.65. The predicted octanol–water partition coefficient (Wildman–Crippen LogP) is 0.997. The Hall–Kier alpha value is -2.62. The first-order valence-electron chi connectivity index (χ1n) is 9.95. The Bertz CT molecular complexity index is 1020. The standard InChI is InChI=1S/C20H26N6O3/c1-14-4-5-18-15(9-14)10-16(20(28)21-18)11-25(6-7-27)13-19-22-23-24-26(19)12-17-3-2-8-29-17/h4-5,9-10,17,27H,2-3,6-8,11-13H2,1H3,(H,21,28). The molecule has 9 nitrogen and oxygen atoms in total. The summed E-state index contributed by atoms with van der Waals surface area (Å²) in [5, 5.41) is 22.5. The lowest BCUT2D eigenvalue weighted by Crippen LogP contribution is -2.31. The molecular formula is C20H26N6O3. The van der Waals surface area contributed by atoms with Crippen LogP contribution in [-0.4, -0.2) is 61.1 Å². The molecule has 1 atom stereocenters. The number of ether oxygens (including phenoxy) is 1. The smallest absolute Gasteiger partial charge is 0.252 e. The van der Waals surface area contributed by atoms with E-state index in [9.17, 15) is 9.90 Å². The molecule has 1 fully saturated rings. The van der Waals surface area contributed by atoms with Gasteiger partial charge in [0.2, 0.25) is 0 Å². The van der Waals surface area contributed by atoms with Crippen LogP contribution in [0.3, 0.4) is 0 Å². The zero-order valence-electron chi connectivity index (χ0n) is 16.5. The third-order valence-electron chi connectivity index (χ3n) is 5.26. The first-order valence-corrected chi connectivity index (χ1v) is 9.95. The van der Waals surface area contributed by atoms with Crippen molar-refractivity contribution >= 4 is 10.9 Å². The average Bonchev–Trinajstić information content (AvgIpc) is 3.36. The summed E-state index contributed by atoms with van der Waals surface area (Å²) in [6, 6.07) is 7.86. The van der Waals surface area contributed by atoms with Crippen LogP contribution in [0.4, 0.5) is 0 Å². The molecule has 29 heavy (non-hydrogen) atoms. The van der Waals surface area contributed by atoms with Crippen molar-refractivity contribution < 1.29 is 9.84 Å². The summed E-state index contributed by atoms with van der Waals surface area (Å²) in [4.78, 5) is 17.5. The Morgan fingerprint density at radius 3 is 3.03 bits per heavy atom. The van der Waals surface area contributed by atoms with Crippen LogP contribution in [0.25, 0.3) is 10.9 Å². The van der Waals surface area contributed by atoms with E-state index in [1.54, 1.807) is 4.68 Å². The fourth-order valence-electron chi connectivity index (χ4n) is 3.74. The second kappa shape index (κ2) is 8.81. The third kappa shape index (κ3) is 4.69. The molecule has 0 spiro atoms. The van der Waals surface area contributed by atoms with Crippen LogP contribution in [0.2, 0.25) is 0 Å². The maximum atomic E-state index is 12.6. The number of nitrogens with zero attached hydrogens (tertiary/aromatic N) is 5. The van der Waals surface area contributed by atoms with Crippen molar-refractivity contribution in [2.75, 3.05) is 19.8 Å². The first-order chi connectivity index (χ1) is 14.1. The minimum Gasteiger partial charge on any atom is -0.395 e. The molecule has 0 saturated carbocycles. The van der Waals surface area contributed by atoms with E-state index in [4.69, 9.17) is 4.74 Å². The van der Waals surface area contributed by atoms with Gasteiger partial charge in [-0.15, -0.1) is 5.10 Å². The lowest BCUT2D eigenvalue weighted by Gasteiger charge is -2.21. The second-order valence-corrected chi connectivity index (χ2v) is 7.56. The second-order valence-electron chi connectivity index (χ2n) is 7.56. The summed E-state index contributed by atoms with van der Waals surface area (Å²) in [7, 11) is 0. The van der Waals surface area contributed by atoms with E-state index in [-0.39, 0.29) is 18.3 Å². The van der Waals surface area contributed by atoms with Crippen molar-refractivity contribution in [1.82, 2.24) is 30.1 Å². The summed E-state index contributed by atoms with van der Waals surface area (Å²) in [6.07, 6.45) is 2.20. The molecule has 0 radical (unpaired) electrons.